The van der Waals surface area contributed by atoms with Gasteiger partial charge in [-0.25, -0.2) is 4.98 Å². The minimum absolute atomic E-state index is 0.0481. The lowest BCUT2D eigenvalue weighted by atomic mass is 10.1. The van der Waals surface area contributed by atoms with Gasteiger partial charge < -0.3 is 15.6 Å². The Bertz CT molecular complexity index is 316. The molecule has 1 aliphatic heterocycles. The molecule has 15 heavy (non-hydrogen) atoms. The Kier molecular flexibility index (Phi) is 3.01. The molecular formula is C10H16N4O. The predicted octanol–water partition coefficient (Wildman–Crippen LogP) is 0.196. The highest BCUT2D eigenvalue weighted by Crippen LogP contribution is 2.11. The lowest BCUT2D eigenvalue weighted by Crippen LogP contribution is -2.34. The topological polar surface area (TPSA) is 69.8 Å². The average molecular weight is 208 g/mol. The van der Waals surface area contributed by atoms with Gasteiger partial charge in [0.1, 0.15) is 5.82 Å². The lowest BCUT2D eigenvalue weighted by molar-refractivity contribution is -0.125. The molecule has 1 fully saturated rings. The van der Waals surface area contributed by atoms with Gasteiger partial charge >= 0.3 is 0 Å². The minimum atomic E-state index is -0.0481. The van der Waals surface area contributed by atoms with Gasteiger partial charge in [0, 0.05) is 18.9 Å². The summed E-state index contributed by atoms with van der Waals surface area (Å²) in [5, 5.41) is 6.13. The Hall–Kier alpha value is -1.36. The molecule has 3 N–H and O–H groups in total. The summed E-state index contributed by atoms with van der Waals surface area (Å²) in [4.78, 5) is 18.9. The molecule has 0 saturated carbocycles. The van der Waals surface area contributed by atoms with Crippen molar-refractivity contribution >= 4 is 5.91 Å². The van der Waals surface area contributed by atoms with Crippen molar-refractivity contribution in [1.29, 1.82) is 0 Å². The standard InChI is InChI=1S/C10H16N4O/c1-7(9-12-4-5-13-9)14-10(15)8-2-3-11-6-8/h4-5,7-8,11H,2-3,6H2,1H3,(H,12,13)(H,14,15). The fourth-order valence-electron chi connectivity index (χ4n) is 1.79. The second kappa shape index (κ2) is 4.44. The first-order valence-electron chi connectivity index (χ1n) is 5.27. The molecule has 82 valence electrons. The van der Waals surface area contributed by atoms with Crippen molar-refractivity contribution < 1.29 is 4.79 Å². The van der Waals surface area contributed by atoms with Crippen LogP contribution in [0.25, 0.3) is 0 Å². The van der Waals surface area contributed by atoms with Crippen LogP contribution in [0.5, 0.6) is 0 Å². The number of aromatic nitrogens is 2. The second-order valence-electron chi connectivity index (χ2n) is 3.89. The van der Waals surface area contributed by atoms with Crippen molar-refractivity contribution in [2.24, 2.45) is 5.92 Å². The van der Waals surface area contributed by atoms with Gasteiger partial charge in [-0.15, -0.1) is 0 Å². The number of carbonyl (C=O) groups excluding carboxylic acids is 1. The number of hydrogen-bond acceptors (Lipinski definition) is 3. The van der Waals surface area contributed by atoms with E-state index in [0.717, 1.165) is 25.3 Å². The van der Waals surface area contributed by atoms with Crippen molar-refractivity contribution in [2.75, 3.05) is 13.1 Å². The molecule has 5 nitrogen and oxygen atoms in total. The maximum atomic E-state index is 11.8. The molecule has 2 atom stereocenters. The molecule has 0 spiro atoms. The number of rotatable bonds is 3. The number of amides is 1. The molecule has 1 aromatic heterocycles. The van der Waals surface area contributed by atoms with Gasteiger partial charge in [0.25, 0.3) is 0 Å². The van der Waals surface area contributed by atoms with Crippen LogP contribution < -0.4 is 10.6 Å². The van der Waals surface area contributed by atoms with Crippen LogP contribution in [0, 0.1) is 5.92 Å². The highest BCUT2D eigenvalue weighted by atomic mass is 16.2. The zero-order valence-electron chi connectivity index (χ0n) is 8.79. The Morgan fingerprint density at radius 1 is 1.73 bits per heavy atom. The van der Waals surface area contributed by atoms with E-state index < -0.39 is 0 Å². The first-order chi connectivity index (χ1) is 7.27. The normalized spacial score (nSPS) is 22.6. The van der Waals surface area contributed by atoms with Crippen LogP contribution in [-0.4, -0.2) is 29.0 Å². The van der Waals surface area contributed by atoms with Crippen LogP contribution in [0.15, 0.2) is 12.4 Å². The summed E-state index contributed by atoms with van der Waals surface area (Å²) >= 11 is 0. The predicted molar refractivity (Wildman–Crippen MR) is 56.1 cm³/mol. The van der Waals surface area contributed by atoms with Crippen LogP contribution in [-0.2, 0) is 4.79 Å². The molecule has 1 amide bonds. The van der Waals surface area contributed by atoms with Crippen molar-refractivity contribution in [2.45, 2.75) is 19.4 Å². The maximum Gasteiger partial charge on any atom is 0.225 e. The maximum absolute atomic E-state index is 11.8. The van der Waals surface area contributed by atoms with Crippen molar-refractivity contribution in [1.82, 2.24) is 20.6 Å². The van der Waals surface area contributed by atoms with Gasteiger partial charge in [-0.2, -0.15) is 0 Å². The van der Waals surface area contributed by atoms with Gasteiger partial charge in [-0.1, -0.05) is 0 Å². The number of imidazole rings is 1. The highest BCUT2D eigenvalue weighted by Gasteiger charge is 2.23. The molecule has 1 aromatic rings. The van der Waals surface area contributed by atoms with Gasteiger partial charge in [-0.05, 0) is 19.9 Å². The molecular weight excluding hydrogens is 192 g/mol. The molecule has 1 aliphatic rings. The van der Waals surface area contributed by atoms with E-state index in [4.69, 9.17) is 0 Å². The van der Waals surface area contributed by atoms with Crippen LogP contribution in [0.4, 0.5) is 0 Å². The Labute approximate surface area is 88.7 Å². The van der Waals surface area contributed by atoms with Crippen LogP contribution in [0.3, 0.4) is 0 Å². The third-order valence-electron chi connectivity index (χ3n) is 2.72. The lowest BCUT2D eigenvalue weighted by Gasteiger charge is -2.14. The van der Waals surface area contributed by atoms with E-state index in [-0.39, 0.29) is 17.9 Å². The molecule has 1 saturated heterocycles. The quantitative estimate of drug-likeness (QED) is 0.664. The summed E-state index contributed by atoms with van der Waals surface area (Å²) in [5.74, 6) is 1.03. The zero-order chi connectivity index (χ0) is 10.7. The van der Waals surface area contributed by atoms with Crippen molar-refractivity contribution in [3.8, 4) is 0 Å². The number of hydrogen-bond donors (Lipinski definition) is 3. The van der Waals surface area contributed by atoms with Crippen molar-refractivity contribution in [3.63, 3.8) is 0 Å². The summed E-state index contributed by atoms with van der Waals surface area (Å²) in [6.07, 6.45) is 4.38. The average Bonchev–Trinajstić information content (AvgIpc) is 2.91. The van der Waals surface area contributed by atoms with Crippen LogP contribution in [0.2, 0.25) is 0 Å². The number of nitrogens with zero attached hydrogens (tertiary/aromatic N) is 1. The van der Waals surface area contributed by atoms with E-state index >= 15 is 0 Å². The first kappa shape index (κ1) is 10.2. The van der Waals surface area contributed by atoms with Crippen LogP contribution in [0.1, 0.15) is 25.2 Å². The smallest absolute Gasteiger partial charge is 0.225 e. The van der Waals surface area contributed by atoms with E-state index in [1.54, 1.807) is 12.4 Å². The molecule has 5 heteroatoms. The monoisotopic (exact) mass is 208 g/mol. The third kappa shape index (κ3) is 2.36. The Morgan fingerprint density at radius 2 is 2.60 bits per heavy atom. The molecule has 2 unspecified atom stereocenters. The zero-order valence-corrected chi connectivity index (χ0v) is 8.79. The van der Waals surface area contributed by atoms with E-state index in [0.29, 0.717) is 0 Å². The fraction of sp³-hybridized carbons (Fsp3) is 0.600. The first-order valence-corrected chi connectivity index (χ1v) is 5.27. The number of carbonyl (C=O) groups is 1. The van der Waals surface area contributed by atoms with Gasteiger partial charge in [0.2, 0.25) is 5.91 Å². The van der Waals surface area contributed by atoms with E-state index in [2.05, 4.69) is 20.6 Å². The van der Waals surface area contributed by atoms with E-state index in [9.17, 15) is 4.79 Å². The number of aromatic amines is 1. The van der Waals surface area contributed by atoms with Gasteiger partial charge in [-0.3, -0.25) is 4.79 Å². The third-order valence-corrected chi connectivity index (χ3v) is 2.72. The summed E-state index contributed by atoms with van der Waals surface area (Å²) in [6, 6.07) is -0.0481. The second-order valence-corrected chi connectivity index (χ2v) is 3.89. The Morgan fingerprint density at radius 3 is 3.20 bits per heavy atom. The summed E-state index contributed by atoms with van der Waals surface area (Å²) in [7, 11) is 0. The molecule has 2 rings (SSSR count). The Balaban J connectivity index is 1.88. The van der Waals surface area contributed by atoms with Crippen LogP contribution >= 0.6 is 0 Å². The van der Waals surface area contributed by atoms with Gasteiger partial charge in [0.05, 0.1) is 12.0 Å². The van der Waals surface area contributed by atoms with Gasteiger partial charge in [0.15, 0.2) is 0 Å². The summed E-state index contributed by atoms with van der Waals surface area (Å²) in [5.41, 5.74) is 0. The number of nitrogens with one attached hydrogen (secondary N) is 3. The van der Waals surface area contributed by atoms with Crippen molar-refractivity contribution in [3.05, 3.63) is 18.2 Å². The van der Waals surface area contributed by atoms with E-state index in [1.165, 1.54) is 0 Å². The molecule has 0 aromatic carbocycles. The molecule has 2 heterocycles. The minimum Gasteiger partial charge on any atom is -0.347 e. The fourth-order valence-corrected chi connectivity index (χ4v) is 1.79. The van der Waals surface area contributed by atoms with E-state index in [1.807, 2.05) is 6.92 Å². The summed E-state index contributed by atoms with van der Waals surface area (Å²) < 4.78 is 0. The summed E-state index contributed by atoms with van der Waals surface area (Å²) in [6.45, 7) is 3.66. The number of H-pyrrole nitrogens is 1. The largest absolute Gasteiger partial charge is 0.347 e. The highest BCUT2D eigenvalue weighted by molar-refractivity contribution is 5.79. The molecule has 0 bridgehead atoms. The molecule has 0 aliphatic carbocycles. The SMILES string of the molecule is CC(NC(=O)C1CCNC1)c1ncc[nH]1. The molecule has 0 radical (unpaired) electrons.